The number of ether oxygens (including phenoxy) is 1. The summed E-state index contributed by atoms with van der Waals surface area (Å²) in [6, 6.07) is 3.52. The minimum absolute atomic E-state index is 0.339. The summed E-state index contributed by atoms with van der Waals surface area (Å²) in [4.78, 5) is 11.1. The van der Waals surface area contributed by atoms with Gasteiger partial charge in [-0.25, -0.2) is 9.18 Å². The molecule has 4 nitrogen and oxygen atoms in total. The van der Waals surface area contributed by atoms with Crippen molar-refractivity contribution in [3.63, 3.8) is 0 Å². The maximum absolute atomic E-state index is 13.1. The fraction of sp³-hybridized carbons (Fsp3) is 0.417. The molecule has 0 bridgehead atoms. The molecular weight excluding hydrogens is 259 g/mol. The van der Waals surface area contributed by atoms with Gasteiger partial charge in [-0.05, 0) is 31.0 Å². The van der Waals surface area contributed by atoms with Gasteiger partial charge in [0.25, 0.3) is 0 Å². The highest BCUT2D eigenvalue weighted by Gasteiger charge is 2.13. The van der Waals surface area contributed by atoms with Crippen LogP contribution in [-0.4, -0.2) is 34.8 Å². The predicted molar refractivity (Wildman–Crippen MR) is 65.7 cm³/mol. The molecule has 0 saturated carbocycles. The zero-order valence-electron chi connectivity index (χ0n) is 10.0. The quantitative estimate of drug-likeness (QED) is 0.773. The second-order valence-electron chi connectivity index (χ2n) is 3.70. The van der Waals surface area contributed by atoms with Gasteiger partial charge >= 0.3 is 5.97 Å². The summed E-state index contributed by atoms with van der Waals surface area (Å²) in [5, 5.41) is 8.76. The molecule has 18 heavy (non-hydrogen) atoms. The molecule has 0 aliphatic carbocycles. The molecule has 0 radical (unpaired) electrons. The Hall–Kier alpha value is -1.27. The number of carbonyl (C=O) groups is 1. The highest BCUT2D eigenvalue weighted by Crippen LogP contribution is 2.15. The Morgan fingerprint density at radius 3 is 2.78 bits per heavy atom. The largest absolute Gasteiger partial charge is 0.478 e. The third-order valence-electron chi connectivity index (χ3n) is 2.36. The summed E-state index contributed by atoms with van der Waals surface area (Å²) in [5.41, 5.74) is -0.447. The highest BCUT2D eigenvalue weighted by atomic mass is 32.2. The van der Waals surface area contributed by atoms with Crippen LogP contribution in [0.15, 0.2) is 23.1 Å². The maximum atomic E-state index is 13.1. The van der Waals surface area contributed by atoms with Crippen molar-refractivity contribution in [2.24, 2.45) is 0 Å². The molecule has 1 aromatic carbocycles. The van der Waals surface area contributed by atoms with Gasteiger partial charge in [0.2, 0.25) is 0 Å². The van der Waals surface area contributed by atoms with Gasteiger partial charge in [0.1, 0.15) is 5.82 Å². The van der Waals surface area contributed by atoms with Gasteiger partial charge in [-0.2, -0.15) is 0 Å². The number of aromatic carboxylic acids is 1. The Morgan fingerprint density at radius 1 is 1.44 bits per heavy atom. The van der Waals surface area contributed by atoms with E-state index in [0.717, 1.165) is 18.6 Å². The molecule has 1 unspecified atom stereocenters. The number of halogens is 1. The van der Waals surface area contributed by atoms with E-state index in [1.807, 2.05) is 0 Å². The molecule has 100 valence electrons. The van der Waals surface area contributed by atoms with Gasteiger partial charge in [0, 0.05) is 24.4 Å². The number of carboxylic acids is 1. The molecule has 0 aliphatic heterocycles. The van der Waals surface area contributed by atoms with Gasteiger partial charge < -0.3 is 9.84 Å². The first-order valence-electron chi connectivity index (χ1n) is 5.46. The molecule has 1 N–H and O–H groups in total. The van der Waals surface area contributed by atoms with E-state index in [4.69, 9.17) is 9.84 Å². The lowest BCUT2D eigenvalue weighted by Gasteiger charge is -2.04. The van der Waals surface area contributed by atoms with Gasteiger partial charge in [0.05, 0.1) is 16.4 Å². The molecule has 1 aromatic rings. The Morgan fingerprint density at radius 2 is 2.17 bits per heavy atom. The average Bonchev–Trinajstić information content (AvgIpc) is 2.34. The highest BCUT2D eigenvalue weighted by molar-refractivity contribution is 7.85. The number of hydrogen-bond donors (Lipinski definition) is 1. The molecule has 0 spiro atoms. The molecular formula is C12H15FO4S. The Bertz CT molecular complexity index is 448. The van der Waals surface area contributed by atoms with Crippen molar-refractivity contribution < 1.29 is 23.2 Å². The van der Waals surface area contributed by atoms with Crippen LogP contribution in [0.5, 0.6) is 0 Å². The van der Waals surface area contributed by atoms with E-state index in [2.05, 4.69) is 0 Å². The van der Waals surface area contributed by atoms with E-state index in [0.29, 0.717) is 23.7 Å². The van der Waals surface area contributed by atoms with Crippen LogP contribution in [-0.2, 0) is 15.5 Å². The monoisotopic (exact) mass is 274 g/mol. The number of carboxylic acid groups (broad SMARTS) is 1. The summed E-state index contributed by atoms with van der Waals surface area (Å²) in [6.45, 7) is 0.598. The SMILES string of the molecule is COCCCCS(=O)c1ccc(F)c(C(=O)O)c1. The smallest absolute Gasteiger partial charge is 0.338 e. The molecule has 0 amide bonds. The first-order chi connectivity index (χ1) is 8.56. The number of hydrogen-bond acceptors (Lipinski definition) is 3. The van der Waals surface area contributed by atoms with Crippen LogP contribution < -0.4 is 0 Å². The van der Waals surface area contributed by atoms with Crippen molar-refractivity contribution in [1.29, 1.82) is 0 Å². The first kappa shape index (κ1) is 14.8. The minimum Gasteiger partial charge on any atom is -0.478 e. The summed E-state index contributed by atoms with van der Waals surface area (Å²) in [5.74, 6) is -1.76. The van der Waals surface area contributed by atoms with Crippen LogP contribution in [0.4, 0.5) is 4.39 Å². The summed E-state index contributed by atoms with van der Waals surface area (Å²) in [6.07, 6.45) is 1.50. The molecule has 1 atom stereocenters. The predicted octanol–water partition coefficient (Wildman–Crippen LogP) is 2.06. The summed E-state index contributed by atoms with van der Waals surface area (Å²) in [7, 11) is 0.286. The van der Waals surface area contributed by atoms with E-state index in [-0.39, 0.29) is 0 Å². The lowest BCUT2D eigenvalue weighted by Crippen LogP contribution is -2.05. The third-order valence-corrected chi connectivity index (χ3v) is 3.80. The van der Waals surface area contributed by atoms with Crippen molar-refractivity contribution in [3.05, 3.63) is 29.6 Å². The van der Waals surface area contributed by atoms with E-state index < -0.39 is 28.1 Å². The average molecular weight is 274 g/mol. The van der Waals surface area contributed by atoms with Gasteiger partial charge in [-0.3, -0.25) is 4.21 Å². The van der Waals surface area contributed by atoms with E-state index in [9.17, 15) is 13.4 Å². The van der Waals surface area contributed by atoms with Crippen LogP contribution in [0.3, 0.4) is 0 Å². The second kappa shape index (κ2) is 7.23. The lowest BCUT2D eigenvalue weighted by molar-refractivity contribution is 0.0691. The molecule has 0 saturated heterocycles. The Balaban J connectivity index is 2.68. The normalized spacial score (nSPS) is 12.3. The molecule has 0 aliphatic rings. The van der Waals surface area contributed by atoms with Crippen LogP contribution in [0, 0.1) is 5.82 Å². The summed E-state index contributed by atoms with van der Waals surface area (Å²) < 4.78 is 29.9. The zero-order chi connectivity index (χ0) is 13.5. The van der Waals surface area contributed by atoms with Crippen LogP contribution in [0.1, 0.15) is 23.2 Å². The van der Waals surface area contributed by atoms with Crippen molar-refractivity contribution >= 4 is 16.8 Å². The van der Waals surface area contributed by atoms with Gasteiger partial charge in [-0.1, -0.05) is 0 Å². The Labute approximate surface area is 107 Å². The molecule has 0 fully saturated rings. The standard InChI is InChI=1S/C12H15FO4S/c1-17-6-2-3-7-18(16)9-4-5-11(13)10(8-9)12(14)15/h4-5,8H,2-3,6-7H2,1H3,(H,14,15). The van der Waals surface area contributed by atoms with Crippen molar-refractivity contribution in [2.45, 2.75) is 17.7 Å². The van der Waals surface area contributed by atoms with Gasteiger partial charge in [-0.15, -0.1) is 0 Å². The third kappa shape index (κ3) is 4.19. The molecule has 6 heteroatoms. The van der Waals surface area contributed by atoms with Crippen LogP contribution in [0.2, 0.25) is 0 Å². The van der Waals surface area contributed by atoms with Crippen LogP contribution in [0.25, 0.3) is 0 Å². The lowest BCUT2D eigenvalue weighted by atomic mass is 10.2. The van der Waals surface area contributed by atoms with E-state index in [1.54, 1.807) is 7.11 Å². The molecule has 0 aromatic heterocycles. The number of benzene rings is 1. The first-order valence-corrected chi connectivity index (χ1v) is 6.78. The topological polar surface area (TPSA) is 63.6 Å². The fourth-order valence-corrected chi connectivity index (χ4v) is 2.58. The Kier molecular flexibility index (Phi) is 5.94. The number of methoxy groups -OCH3 is 1. The minimum atomic E-state index is -1.36. The van der Waals surface area contributed by atoms with Crippen molar-refractivity contribution in [3.8, 4) is 0 Å². The van der Waals surface area contributed by atoms with E-state index in [1.165, 1.54) is 6.07 Å². The van der Waals surface area contributed by atoms with Crippen LogP contribution >= 0.6 is 0 Å². The van der Waals surface area contributed by atoms with Gasteiger partial charge in [0.15, 0.2) is 0 Å². The number of rotatable bonds is 7. The molecule has 0 heterocycles. The van der Waals surface area contributed by atoms with Crippen molar-refractivity contribution in [1.82, 2.24) is 0 Å². The second-order valence-corrected chi connectivity index (χ2v) is 5.27. The maximum Gasteiger partial charge on any atom is 0.338 e. The van der Waals surface area contributed by atoms with Crippen molar-refractivity contribution in [2.75, 3.05) is 19.5 Å². The summed E-state index contributed by atoms with van der Waals surface area (Å²) >= 11 is 0. The fourth-order valence-electron chi connectivity index (χ4n) is 1.41. The zero-order valence-corrected chi connectivity index (χ0v) is 10.8. The molecule has 1 rings (SSSR count). The number of unbranched alkanes of at least 4 members (excludes halogenated alkanes) is 1. The van der Waals surface area contributed by atoms with E-state index >= 15 is 0 Å².